The van der Waals surface area contributed by atoms with Crippen molar-refractivity contribution in [3.63, 3.8) is 0 Å². The maximum atomic E-state index is 12.4. The van der Waals surface area contributed by atoms with Gasteiger partial charge in [0.05, 0.1) is 7.11 Å². The zero-order valence-electron chi connectivity index (χ0n) is 8.82. The molecule has 0 saturated heterocycles. The summed E-state index contributed by atoms with van der Waals surface area (Å²) in [6, 6.07) is 5.51. The molecule has 1 aromatic rings. The zero-order chi connectivity index (χ0) is 12.9. The summed E-state index contributed by atoms with van der Waals surface area (Å²) in [6.07, 6.45) is -4.36. The fraction of sp³-hybridized carbons (Fsp3) is 0.182. The Morgan fingerprint density at radius 1 is 1.18 bits per heavy atom. The average molecular weight is 246 g/mol. The minimum absolute atomic E-state index is 0.0202. The van der Waals surface area contributed by atoms with Gasteiger partial charge in [-0.25, -0.2) is 0 Å². The Hall–Kier alpha value is -1.98. The van der Waals surface area contributed by atoms with E-state index < -0.39 is 11.9 Å². The highest BCUT2D eigenvalue weighted by molar-refractivity contribution is 5.66. The van der Waals surface area contributed by atoms with Crippen LogP contribution in [0.3, 0.4) is 0 Å². The third kappa shape index (κ3) is 3.82. The molecule has 6 heteroatoms. The Labute approximate surface area is 95.5 Å². The minimum Gasteiger partial charge on any atom is -0.497 e. The Kier molecular flexibility index (Phi) is 4.14. The Balaban J connectivity index is 2.87. The van der Waals surface area contributed by atoms with Crippen molar-refractivity contribution in [3.05, 3.63) is 36.1 Å². The summed E-state index contributed by atoms with van der Waals surface area (Å²) < 4.78 is 46.5. The molecule has 0 radical (unpaired) electrons. The van der Waals surface area contributed by atoms with Crippen LogP contribution < -0.4 is 9.47 Å². The maximum absolute atomic E-state index is 12.4. The number of alkyl halides is 3. The summed E-state index contributed by atoms with van der Waals surface area (Å²) in [5, 5.41) is 0. The summed E-state index contributed by atoms with van der Waals surface area (Å²) in [5.74, 6) is -0.904. The van der Waals surface area contributed by atoms with Gasteiger partial charge in [0.25, 0.3) is 0 Å². The highest BCUT2D eigenvalue weighted by Gasteiger charge is 2.36. The maximum Gasteiger partial charge on any atom is 0.449 e. The predicted molar refractivity (Wildman–Crippen MR) is 53.8 cm³/mol. The number of carbonyl (C=O) groups is 1. The number of hydrogen-bond donors (Lipinski definition) is 0. The van der Waals surface area contributed by atoms with E-state index in [1.165, 1.54) is 31.4 Å². The number of hydrogen-bond acceptors (Lipinski definition) is 3. The number of methoxy groups -OCH3 is 1. The first kappa shape index (κ1) is 13.1. The first-order valence-corrected chi connectivity index (χ1v) is 4.52. The Bertz CT molecular complexity index is 407. The molecule has 0 spiro atoms. The van der Waals surface area contributed by atoms with Gasteiger partial charge in [0.2, 0.25) is 5.76 Å². The monoisotopic (exact) mass is 246 g/mol. The topological polar surface area (TPSA) is 35.5 Å². The van der Waals surface area contributed by atoms with E-state index in [4.69, 9.17) is 4.74 Å². The summed E-state index contributed by atoms with van der Waals surface area (Å²) in [7, 11) is 1.43. The lowest BCUT2D eigenvalue weighted by Gasteiger charge is -2.12. The molecule has 17 heavy (non-hydrogen) atoms. The van der Waals surface area contributed by atoms with Crippen molar-refractivity contribution in [1.82, 2.24) is 0 Å². The van der Waals surface area contributed by atoms with Gasteiger partial charge in [0.15, 0.2) is 0 Å². The first-order chi connectivity index (χ1) is 7.97. The van der Waals surface area contributed by atoms with E-state index in [0.717, 1.165) is 0 Å². The van der Waals surface area contributed by atoms with Gasteiger partial charge in [0.1, 0.15) is 17.8 Å². The standard InChI is InChI=1S/C11H9F3O3/c1-16-8-2-4-9(5-3-8)17-10(6-7-15)11(12,13)14/h2-7H,1H3/b10-6-. The van der Waals surface area contributed by atoms with Gasteiger partial charge in [-0.1, -0.05) is 0 Å². The zero-order valence-corrected chi connectivity index (χ0v) is 8.82. The molecule has 1 rings (SSSR count). The van der Waals surface area contributed by atoms with Crippen LogP contribution in [0, 0.1) is 0 Å². The molecular weight excluding hydrogens is 237 g/mol. The van der Waals surface area contributed by atoms with Crippen LogP contribution in [0.1, 0.15) is 0 Å². The summed E-state index contributed by atoms with van der Waals surface area (Å²) >= 11 is 0. The molecule has 0 saturated carbocycles. The van der Waals surface area contributed by atoms with Crippen molar-refractivity contribution in [2.24, 2.45) is 0 Å². The molecule has 0 bridgehead atoms. The van der Waals surface area contributed by atoms with Gasteiger partial charge in [-0.2, -0.15) is 13.2 Å². The molecular formula is C11H9F3O3. The average Bonchev–Trinajstić information content (AvgIpc) is 2.28. The molecule has 3 nitrogen and oxygen atoms in total. The minimum atomic E-state index is -4.71. The summed E-state index contributed by atoms with van der Waals surface area (Å²) in [5.41, 5.74) is 0. The number of ether oxygens (including phenoxy) is 2. The largest absolute Gasteiger partial charge is 0.497 e. The van der Waals surface area contributed by atoms with Crippen LogP contribution in [0.15, 0.2) is 36.1 Å². The highest BCUT2D eigenvalue weighted by Crippen LogP contribution is 2.28. The molecule has 0 aliphatic carbocycles. The van der Waals surface area contributed by atoms with Gasteiger partial charge in [-0.15, -0.1) is 0 Å². The van der Waals surface area contributed by atoms with Crippen LogP contribution in [0.25, 0.3) is 0 Å². The van der Waals surface area contributed by atoms with Crippen LogP contribution in [0.5, 0.6) is 11.5 Å². The van der Waals surface area contributed by atoms with E-state index in [0.29, 0.717) is 11.8 Å². The van der Waals surface area contributed by atoms with E-state index >= 15 is 0 Å². The number of halogens is 3. The normalized spacial score (nSPS) is 12.1. The lowest BCUT2D eigenvalue weighted by Crippen LogP contribution is -2.17. The summed E-state index contributed by atoms with van der Waals surface area (Å²) in [6.45, 7) is 0. The fourth-order valence-corrected chi connectivity index (χ4v) is 1.02. The van der Waals surface area contributed by atoms with Crippen molar-refractivity contribution < 1.29 is 27.4 Å². The van der Waals surface area contributed by atoms with Gasteiger partial charge in [-0.05, 0) is 24.3 Å². The third-order valence-electron chi connectivity index (χ3n) is 1.79. The van der Waals surface area contributed by atoms with E-state index in [9.17, 15) is 18.0 Å². The molecule has 0 unspecified atom stereocenters. The van der Waals surface area contributed by atoms with Crippen LogP contribution in [0.4, 0.5) is 13.2 Å². The number of aldehydes is 1. The molecule has 1 aromatic carbocycles. The van der Waals surface area contributed by atoms with E-state index in [1.54, 1.807) is 0 Å². The van der Waals surface area contributed by atoms with Crippen molar-refractivity contribution in [2.75, 3.05) is 7.11 Å². The van der Waals surface area contributed by atoms with Crippen LogP contribution in [-0.4, -0.2) is 19.6 Å². The lowest BCUT2D eigenvalue weighted by atomic mass is 10.3. The van der Waals surface area contributed by atoms with Gasteiger partial charge >= 0.3 is 6.18 Å². The Morgan fingerprint density at radius 3 is 2.12 bits per heavy atom. The van der Waals surface area contributed by atoms with Crippen molar-refractivity contribution in [2.45, 2.75) is 6.18 Å². The van der Waals surface area contributed by atoms with Crippen molar-refractivity contribution in [3.8, 4) is 11.5 Å². The van der Waals surface area contributed by atoms with Crippen molar-refractivity contribution in [1.29, 1.82) is 0 Å². The van der Waals surface area contributed by atoms with E-state index in [-0.39, 0.29) is 12.0 Å². The number of rotatable bonds is 4. The molecule has 0 fully saturated rings. The van der Waals surface area contributed by atoms with Crippen LogP contribution >= 0.6 is 0 Å². The highest BCUT2D eigenvalue weighted by atomic mass is 19.4. The lowest BCUT2D eigenvalue weighted by molar-refractivity contribution is -0.119. The third-order valence-corrected chi connectivity index (χ3v) is 1.79. The quantitative estimate of drug-likeness (QED) is 0.465. The predicted octanol–water partition coefficient (Wildman–Crippen LogP) is 2.72. The van der Waals surface area contributed by atoms with Crippen molar-refractivity contribution >= 4 is 6.29 Å². The second-order valence-electron chi connectivity index (χ2n) is 2.94. The van der Waals surface area contributed by atoms with Gasteiger partial charge in [-0.3, -0.25) is 4.79 Å². The van der Waals surface area contributed by atoms with Gasteiger partial charge < -0.3 is 9.47 Å². The molecule has 92 valence electrons. The molecule has 0 aromatic heterocycles. The molecule has 0 atom stereocenters. The SMILES string of the molecule is COc1ccc(O/C(=C\C=O)C(F)(F)F)cc1. The fourth-order valence-electron chi connectivity index (χ4n) is 1.02. The Morgan fingerprint density at radius 2 is 1.71 bits per heavy atom. The smallest absolute Gasteiger partial charge is 0.449 e. The summed E-state index contributed by atoms with van der Waals surface area (Å²) in [4.78, 5) is 10.1. The molecule has 0 N–H and O–H groups in total. The van der Waals surface area contributed by atoms with Crippen LogP contribution in [-0.2, 0) is 4.79 Å². The molecule has 0 aliphatic rings. The second-order valence-corrected chi connectivity index (χ2v) is 2.94. The van der Waals surface area contributed by atoms with E-state index in [2.05, 4.69) is 4.74 Å². The number of allylic oxidation sites excluding steroid dienone is 2. The first-order valence-electron chi connectivity index (χ1n) is 4.52. The van der Waals surface area contributed by atoms with Crippen LogP contribution in [0.2, 0.25) is 0 Å². The number of carbonyl (C=O) groups excluding carboxylic acids is 1. The molecule has 0 heterocycles. The molecule has 0 aliphatic heterocycles. The second kappa shape index (κ2) is 5.38. The number of benzene rings is 1. The van der Waals surface area contributed by atoms with E-state index in [1.807, 2.05) is 0 Å². The molecule has 0 amide bonds. The van der Waals surface area contributed by atoms with Gasteiger partial charge in [0, 0.05) is 6.08 Å².